The SMILES string of the molecule is Cc1cccc(C)c1CC(=O)CC1CCNC1. The first kappa shape index (κ1) is 12.3. The highest BCUT2D eigenvalue weighted by atomic mass is 16.1. The van der Waals surface area contributed by atoms with Gasteiger partial charge in [-0.25, -0.2) is 0 Å². The molecule has 2 heteroatoms. The molecule has 1 fully saturated rings. The van der Waals surface area contributed by atoms with Crippen molar-refractivity contribution < 1.29 is 4.79 Å². The lowest BCUT2D eigenvalue weighted by Gasteiger charge is -2.11. The molecular formula is C15H21NO. The van der Waals surface area contributed by atoms with E-state index in [0.29, 0.717) is 18.1 Å². The van der Waals surface area contributed by atoms with Crippen LogP contribution >= 0.6 is 0 Å². The van der Waals surface area contributed by atoms with Gasteiger partial charge in [-0.15, -0.1) is 0 Å². The van der Waals surface area contributed by atoms with E-state index in [0.717, 1.165) is 25.9 Å². The Morgan fingerprint density at radius 3 is 2.65 bits per heavy atom. The molecule has 92 valence electrons. The molecular weight excluding hydrogens is 210 g/mol. The summed E-state index contributed by atoms with van der Waals surface area (Å²) in [5.41, 5.74) is 3.70. The molecule has 1 aliphatic rings. The fourth-order valence-electron chi connectivity index (χ4n) is 2.61. The third-order valence-electron chi connectivity index (χ3n) is 3.70. The maximum absolute atomic E-state index is 12.0. The lowest BCUT2D eigenvalue weighted by atomic mass is 9.93. The number of carbonyl (C=O) groups is 1. The summed E-state index contributed by atoms with van der Waals surface area (Å²) in [6.07, 6.45) is 2.49. The highest BCUT2D eigenvalue weighted by Gasteiger charge is 2.18. The van der Waals surface area contributed by atoms with Gasteiger partial charge in [0.1, 0.15) is 5.78 Å². The van der Waals surface area contributed by atoms with Crippen LogP contribution in [0.2, 0.25) is 0 Å². The third kappa shape index (κ3) is 3.16. The Hall–Kier alpha value is -1.15. The average molecular weight is 231 g/mol. The van der Waals surface area contributed by atoms with E-state index >= 15 is 0 Å². The van der Waals surface area contributed by atoms with Gasteiger partial charge in [-0.1, -0.05) is 18.2 Å². The molecule has 0 spiro atoms. The van der Waals surface area contributed by atoms with Crippen LogP contribution in [0.15, 0.2) is 18.2 Å². The van der Waals surface area contributed by atoms with Crippen LogP contribution in [0.4, 0.5) is 0 Å². The van der Waals surface area contributed by atoms with Crippen LogP contribution in [0, 0.1) is 19.8 Å². The van der Waals surface area contributed by atoms with E-state index < -0.39 is 0 Å². The van der Waals surface area contributed by atoms with E-state index in [-0.39, 0.29) is 0 Å². The molecule has 0 aliphatic carbocycles. The average Bonchev–Trinajstić information content (AvgIpc) is 2.76. The molecule has 1 aromatic rings. The van der Waals surface area contributed by atoms with Crippen molar-refractivity contribution in [2.24, 2.45) is 5.92 Å². The monoisotopic (exact) mass is 231 g/mol. The summed E-state index contributed by atoms with van der Waals surface area (Å²) in [5, 5.41) is 3.31. The van der Waals surface area contributed by atoms with Crippen LogP contribution in [0.25, 0.3) is 0 Å². The van der Waals surface area contributed by atoms with Gasteiger partial charge >= 0.3 is 0 Å². The van der Waals surface area contributed by atoms with E-state index in [2.05, 4.69) is 37.4 Å². The molecule has 17 heavy (non-hydrogen) atoms. The Bertz CT molecular complexity index is 385. The van der Waals surface area contributed by atoms with Gasteiger partial charge in [0.15, 0.2) is 0 Å². The Balaban J connectivity index is 1.97. The molecule has 0 saturated carbocycles. The van der Waals surface area contributed by atoms with Gasteiger partial charge in [0.2, 0.25) is 0 Å². The van der Waals surface area contributed by atoms with Gasteiger partial charge in [-0.3, -0.25) is 4.79 Å². The lowest BCUT2D eigenvalue weighted by molar-refractivity contribution is -0.119. The van der Waals surface area contributed by atoms with Crippen molar-refractivity contribution in [3.63, 3.8) is 0 Å². The lowest BCUT2D eigenvalue weighted by Crippen LogP contribution is -2.14. The zero-order valence-corrected chi connectivity index (χ0v) is 10.8. The summed E-state index contributed by atoms with van der Waals surface area (Å²) in [5.74, 6) is 0.947. The summed E-state index contributed by atoms with van der Waals surface area (Å²) in [7, 11) is 0. The molecule has 1 N–H and O–H groups in total. The Morgan fingerprint density at radius 2 is 2.06 bits per heavy atom. The quantitative estimate of drug-likeness (QED) is 0.862. The minimum Gasteiger partial charge on any atom is -0.316 e. The van der Waals surface area contributed by atoms with Crippen molar-refractivity contribution in [3.05, 3.63) is 34.9 Å². The second-order valence-electron chi connectivity index (χ2n) is 5.15. The zero-order valence-electron chi connectivity index (χ0n) is 10.8. The molecule has 1 aromatic carbocycles. The molecule has 1 atom stereocenters. The van der Waals surface area contributed by atoms with Crippen LogP contribution < -0.4 is 5.32 Å². The maximum Gasteiger partial charge on any atom is 0.137 e. The number of hydrogen-bond acceptors (Lipinski definition) is 2. The number of hydrogen-bond donors (Lipinski definition) is 1. The summed E-state index contributed by atoms with van der Waals surface area (Å²) in [6, 6.07) is 6.24. The summed E-state index contributed by atoms with van der Waals surface area (Å²) < 4.78 is 0. The molecule has 1 unspecified atom stereocenters. The normalized spacial score (nSPS) is 19.5. The highest BCUT2D eigenvalue weighted by Crippen LogP contribution is 2.18. The Morgan fingerprint density at radius 1 is 1.35 bits per heavy atom. The number of nitrogens with one attached hydrogen (secondary N) is 1. The second-order valence-corrected chi connectivity index (χ2v) is 5.15. The topological polar surface area (TPSA) is 29.1 Å². The van der Waals surface area contributed by atoms with Crippen molar-refractivity contribution >= 4 is 5.78 Å². The van der Waals surface area contributed by atoms with Crippen LogP contribution in [0.5, 0.6) is 0 Å². The minimum atomic E-state index is 0.385. The summed E-state index contributed by atoms with van der Waals surface area (Å²) in [4.78, 5) is 12.0. The smallest absolute Gasteiger partial charge is 0.137 e. The molecule has 1 aliphatic heterocycles. The number of benzene rings is 1. The first-order valence-corrected chi connectivity index (χ1v) is 6.44. The van der Waals surface area contributed by atoms with Gasteiger partial charge in [0.05, 0.1) is 0 Å². The van der Waals surface area contributed by atoms with E-state index in [9.17, 15) is 4.79 Å². The van der Waals surface area contributed by atoms with Crippen molar-refractivity contribution in [2.45, 2.75) is 33.1 Å². The predicted molar refractivity (Wildman–Crippen MR) is 70.2 cm³/mol. The largest absolute Gasteiger partial charge is 0.316 e. The van der Waals surface area contributed by atoms with E-state index in [1.165, 1.54) is 16.7 Å². The van der Waals surface area contributed by atoms with E-state index in [4.69, 9.17) is 0 Å². The van der Waals surface area contributed by atoms with Crippen molar-refractivity contribution in [1.29, 1.82) is 0 Å². The molecule has 0 radical (unpaired) electrons. The summed E-state index contributed by atoms with van der Waals surface area (Å²) >= 11 is 0. The van der Waals surface area contributed by atoms with Crippen LogP contribution in [0.1, 0.15) is 29.5 Å². The molecule has 2 nitrogen and oxygen atoms in total. The first-order chi connectivity index (χ1) is 8.16. The molecule has 0 bridgehead atoms. The zero-order chi connectivity index (χ0) is 12.3. The van der Waals surface area contributed by atoms with Gasteiger partial charge in [-0.05, 0) is 56.0 Å². The van der Waals surface area contributed by atoms with E-state index in [1.54, 1.807) is 0 Å². The fourth-order valence-corrected chi connectivity index (χ4v) is 2.61. The molecule has 1 saturated heterocycles. The van der Waals surface area contributed by atoms with Crippen molar-refractivity contribution in [2.75, 3.05) is 13.1 Å². The number of ketones is 1. The third-order valence-corrected chi connectivity index (χ3v) is 3.70. The molecule has 1 heterocycles. The standard InChI is InChI=1S/C15H21NO/c1-11-4-3-5-12(2)15(11)9-14(17)8-13-6-7-16-10-13/h3-5,13,16H,6-10H2,1-2H3. The Labute approximate surface area is 103 Å². The summed E-state index contributed by atoms with van der Waals surface area (Å²) in [6.45, 7) is 6.26. The molecule has 2 rings (SSSR count). The number of rotatable bonds is 4. The van der Waals surface area contributed by atoms with Gasteiger partial charge in [0.25, 0.3) is 0 Å². The number of aryl methyl sites for hydroxylation is 2. The predicted octanol–water partition coefficient (Wildman–Crippen LogP) is 2.41. The Kier molecular flexibility index (Phi) is 3.95. The van der Waals surface area contributed by atoms with E-state index in [1.807, 2.05) is 0 Å². The van der Waals surface area contributed by atoms with Crippen LogP contribution in [0.3, 0.4) is 0 Å². The maximum atomic E-state index is 12.0. The number of Topliss-reactive ketones (excluding diaryl/α,β-unsaturated/α-hetero) is 1. The van der Waals surface area contributed by atoms with Gasteiger partial charge in [0, 0.05) is 12.8 Å². The molecule has 0 aromatic heterocycles. The van der Waals surface area contributed by atoms with Crippen LogP contribution in [-0.4, -0.2) is 18.9 Å². The van der Waals surface area contributed by atoms with Crippen molar-refractivity contribution in [3.8, 4) is 0 Å². The fraction of sp³-hybridized carbons (Fsp3) is 0.533. The molecule has 0 amide bonds. The first-order valence-electron chi connectivity index (χ1n) is 6.44. The number of carbonyl (C=O) groups excluding carboxylic acids is 1. The second kappa shape index (κ2) is 5.46. The van der Waals surface area contributed by atoms with Gasteiger partial charge in [-0.2, -0.15) is 0 Å². The highest BCUT2D eigenvalue weighted by molar-refractivity contribution is 5.81. The minimum absolute atomic E-state index is 0.385. The van der Waals surface area contributed by atoms with Crippen LogP contribution in [-0.2, 0) is 11.2 Å². The van der Waals surface area contributed by atoms with Crippen molar-refractivity contribution in [1.82, 2.24) is 5.32 Å². The van der Waals surface area contributed by atoms with Gasteiger partial charge < -0.3 is 5.32 Å².